The molecule has 2 heterocycles. The average Bonchev–Trinajstić information content (AvgIpc) is 3.14. The van der Waals surface area contributed by atoms with Crippen LogP contribution < -0.4 is 0 Å². The lowest BCUT2D eigenvalue weighted by Gasteiger charge is -2.26. The minimum atomic E-state index is -3.70. The lowest BCUT2D eigenvalue weighted by molar-refractivity contribution is -0.140. The van der Waals surface area contributed by atoms with Crippen molar-refractivity contribution >= 4 is 27.5 Å². The van der Waals surface area contributed by atoms with E-state index in [-0.39, 0.29) is 41.4 Å². The zero-order valence-electron chi connectivity index (χ0n) is 19.4. The van der Waals surface area contributed by atoms with Gasteiger partial charge in [-0.15, -0.1) is 0 Å². The van der Waals surface area contributed by atoms with Crippen molar-refractivity contribution in [3.05, 3.63) is 71.3 Å². The number of hydrogen-bond donors (Lipinski definition) is 1. The van der Waals surface area contributed by atoms with Crippen molar-refractivity contribution in [2.75, 3.05) is 46.6 Å². The maximum Gasteiger partial charge on any atom is 0.295 e. The van der Waals surface area contributed by atoms with Gasteiger partial charge in [0.1, 0.15) is 5.76 Å². The quantitative estimate of drug-likeness (QED) is 0.256. The number of aliphatic hydroxyl groups is 1. The van der Waals surface area contributed by atoms with E-state index >= 15 is 0 Å². The Bertz CT molecular complexity index is 1200. The van der Waals surface area contributed by atoms with E-state index in [0.29, 0.717) is 31.8 Å². The molecule has 1 amide bonds. The Morgan fingerprint density at radius 2 is 1.71 bits per heavy atom. The second-order valence-corrected chi connectivity index (χ2v) is 10.2. The molecule has 2 aliphatic heterocycles. The first-order chi connectivity index (χ1) is 16.9. The van der Waals surface area contributed by atoms with Crippen molar-refractivity contribution in [1.82, 2.24) is 9.21 Å². The van der Waals surface area contributed by atoms with Gasteiger partial charge in [0.25, 0.3) is 11.7 Å². The number of nitrogens with zero attached hydrogens (tertiary/aromatic N) is 2. The predicted octanol–water partition coefficient (Wildman–Crippen LogP) is 2.17. The van der Waals surface area contributed by atoms with Crippen molar-refractivity contribution in [3.8, 4) is 0 Å². The van der Waals surface area contributed by atoms with Gasteiger partial charge < -0.3 is 19.5 Å². The van der Waals surface area contributed by atoms with E-state index < -0.39 is 27.8 Å². The Kier molecular flexibility index (Phi) is 7.66. The van der Waals surface area contributed by atoms with E-state index in [1.165, 1.54) is 33.5 Å². The van der Waals surface area contributed by atoms with Gasteiger partial charge in [0, 0.05) is 38.9 Å². The highest BCUT2D eigenvalue weighted by Crippen LogP contribution is 2.39. The van der Waals surface area contributed by atoms with E-state index in [0.717, 1.165) is 0 Å². The summed E-state index contributed by atoms with van der Waals surface area (Å²) >= 11 is 0. The molecule has 2 aromatic rings. The largest absolute Gasteiger partial charge is 0.507 e. The van der Waals surface area contributed by atoms with Gasteiger partial charge >= 0.3 is 0 Å². The highest BCUT2D eigenvalue weighted by Gasteiger charge is 2.45. The number of likely N-dealkylation sites (tertiary alicyclic amines) is 1. The number of ether oxygens (including phenoxy) is 2. The van der Waals surface area contributed by atoms with E-state index in [9.17, 15) is 23.1 Å². The lowest BCUT2D eigenvalue weighted by atomic mass is 9.95. The number of sulfonamides is 1. The van der Waals surface area contributed by atoms with Crippen LogP contribution in [0.4, 0.5) is 0 Å². The van der Waals surface area contributed by atoms with E-state index in [1.54, 1.807) is 31.4 Å². The normalized spacial score (nSPS) is 20.9. The molecule has 0 aliphatic carbocycles. The summed E-state index contributed by atoms with van der Waals surface area (Å²) in [4.78, 5) is 27.4. The first kappa shape index (κ1) is 25.1. The van der Waals surface area contributed by atoms with Crippen LogP contribution in [0.15, 0.2) is 65.1 Å². The molecule has 1 N–H and O–H groups in total. The topological polar surface area (TPSA) is 113 Å². The number of carbonyl (C=O) groups excluding carboxylic acids is 2. The van der Waals surface area contributed by atoms with Gasteiger partial charge in [-0.25, -0.2) is 8.42 Å². The number of benzene rings is 2. The molecule has 0 radical (unpaired) electrons. The van der Waals surface area contributed by atoms with Gasteiger partial charge in [-0.05, 0) is 36.2 Å². The maximum absolute atomic E-state index is 13.0. The van der Waals surface area contributed by atoms with Gasteiger partial charge in [-0.2, -0.15) is 4.31 Å². The summed E-state index contributed by atoms with van der Waals surface area (Å²) in [5.41, 5.74) is 0.918. The SMILES string of the molecule is COCCCN1C(=O)C(=O)C(=C(O)c2ccc(S(=O)(=O)N3CCOCC3)cc2)C1c1ccccc1. The van der Waals surface area contributed by atoms with Gasteiger partial charge in [0.2, 0.25) is 10.0 Å². The lowest BCUT2D eigenvalue weighted by Crippen LogP contribution is -2.40. The number of morpholine rings is 1. The van der Waals surface area contributed by atoms with Crippen molar-refractivity contribution in [2.45, 2.75) is 17.4 Å². The second-order valence-electron chi connectivity index (χ2n) is 8.29. The Morgan fingerprint density at radius 3 is 2.34 bits per heavy atom. The fraction of sp³-hybridized carbons (Fsp3) is 0.360. The second kappa shape index (κ2) is 10.7. The number of ketones is 1. The summed E-state index contributed by atoms with van der Waals surface area (Å²) in [7, 11) is -2.14. The molecule has 1 unspecified atom stereocenters. The Morgan fingerprint density at radius 1 is 1.06 bits per heavy atom. The number of aliphatic hydroxyl groups excluding tert-OH is 1. The minimum absolute atomic E-state index is 0.0256. The molecular weight excluding hydrogens is 472 g/mol. The van der Waals surface area contributed by atoms with Crippen LogP contribution in [0.1, 0.15) is 23.6 Å². The van der Waals surface area contributed by atoms with Crippen LogP contribution in [0.2, 0.25) is 0 Å². The fourth-order valence-corrected chi connectivity index (χ4v) is 5.76. The molecule has 0 saturated carbocycles. The molecule has 0 aromatic heterocycles. The summed E-state index contributed by atoms with van der Waals surface area (Å²) in [6.07, 6.45) is 0.529. The predicted molar refractivity (Wildman–Crippen MR) is 128 cm³/mol. The molecular formula is C25H28N2O7S. The Labute approximate surface area is 204 Å². The zero-order chi connectivity index (χ0) is 25.0. The van der Waals surface area contributed by atoms with Crippen LogP contribution in [0, 0.1) is 0 Å². The van der Waals surface area contributed by atoms with Crippen LogP contribution in [-0.4, -0.2) is 81.0 Å². The maximum atomic E-state index is 13.0. The van der Waals surface area contributed by atoms with Gasteiger partial charge in [-0.3, -0.25) is 9.59 Å². The van der Waals surface area contributed by atoms with Crippen LogP contribution in [-0.2, 0) is 29.1 Å². The van der Waals surface area contributed by atoms with Crippen LogP contribution >= 0.6 is 0 Å². The van der Waals surface area contributed by atoms with Crippen LogP contribution in [0.3, 0.4) is 0 Å². The monoisotopic (exact) mass is 500 g/mol. The highest BCUT2D eigenvalue weighted by atomic mass is 32.2. The molecule has 0 bridgehead atoms. The fourth-order valence-electron chi connectivity index (χ4n) is 4.35. The molecule has 10 heteroatoms. The third-order valence-corrected chi connectivity index (χ3v) is 8.05. The summed E-state index contributed by atoms with van der Waals surface area (Å²) < 4.78 is 37.5. The van der Waals surface area contributed by atoms with Crippen LogP contribution in [0.25, 0.3) is 5.76 Å². The number of rotatable bonds is 8. The molecule has 2 aliphatic rings. The molecule has 0 spiro atoms. The van der Waals surface area contributed by atoms with Crippen molar-refractivity contribution in [2.24, 2.45) is 0 Å². The zero-order valence-corrected chi connectivity index (χ0v) is 20.2. The van der Waals surface area contributed by atoms with Crippen molar-refractivity contribution < 1.29 is 32.6 Å². The molecule has 1 atom stereocenters. The summed E-state index contributed by atoms with van der Waals surface area (Å²) in [5, 5.41) is 11.2. The third kappa shape index (κ3) is 5.01. The molecule has 9 nitrogen and oxygen atoms in total. The van der Waals surface area contributed by atoms with E-state index in [2.05, 4.69) is 0 Å². The number of Topliss-reactive ketones (excluding diaryl/α,β-unsaturated/α-hetero) is 1. The molecule has 4 rings (SSSR count). The summed E-state index contributed by atoms with van der Waals surface area (Å²) in [5.74, 6) is -1.82. The first-order valence-electron chi connectivity index (χ1n) is 11.4. The van der Waals surface area contributed by atoms with Crippen molar-refractivity contribution in [1.29, 1.82) is 0 Å². The minimum Gasteiger partial charge on any atom is -0.507 e. The number of methoxy groups -OCH3 is 1. The van der Waals surface area contributed by atoms with E-state index in [1.807, 2.05) is 6.07 Å². The number of amides is 1. The Balaban J connectivity index is 1.70. The molecule has 186 valence electrons. The highest BCUT2D eigenvalue weighted by molar-refractivity contribution is 7.89. The number of hydrogen-bond acceptors (Lipinski definition) is 7. The van der Waals surface area contributed by atoms with Crippen LogP contribution in [0.5, 0.6) is 0 Å². The van der Waals surface area contributed by atoms with Gasteiger partial charge in [0.15, 0.2) is 0 Å². The third-order valence-electron chi connectivity index (χ3n) is 6.14. The summed E-state index contributed by atoms with van der Waals surface area (Å²) in [6.45, 7) is 1.92. The van der Waals surface area contributed by atoms with Crippen molar-refractivity contribution in [3.63, 3.8) is 0 Å². The Hall–Kier alpha value is -3.05. The van der Waals surface area contributed by atoms with Gasteiger partial charge in [0.05, 0.1) is 29.7 Å². The standard InChI is InChI=1S/C25H28N2O7S/c1-33-15-5-12-27-22(18-6-3-2-4-7-18)21(24(29)25(27)30)23(28)19-8-10-20(11-9-19)35(31,32)26-13-16-34-17-14-26/h2-4,6-11,22,28H,5,12-17H2,1H3. The average molecular weight is 501 g/mol. The number of carbonyl (C=O) groups is 2. The first-order valence-corrected chi connectivity index (χ1v) is 12.8. The molecule has 2 saturated heterocycles. The summed E-state index contributed by atoms with van der Waals surface area (Å²) in [6, 6.07) is 13.9. The van der Waals surface area contributed by atoms with Gasteiger partial charge in [-0.1, -0.05) is 30.3 Å². The smallest absolute Gasteiger partial charge is 0.295 e. The molecule has 2 aromatic carbocycles. The molecule has 2 fully saturated rings. The van der Waals surface area contributed by atoms with E-state index in [4.69, 9.17) is 9.47 Å². The molecule has 35 heavy (non-hydrogen) atoms.